The summed E-state index contributed by atoms with van der Waals surface area (Å²) in [4.78, 5) is 2.19. The molecule has 1 heterocycles. The van der Waals surface area contributed by atoms with E-state index in [1.807, 2.05) is 0 Å². The second-order valence-corrected chi connectivity index (χ2v) is 7.97. The van der Waals surface area contributed by atoms with Gasteiger partial charge in [-0.3, -0.25) is 0 Å². The van der Waals surface area contributed by atoms with Crippen LogP contribution >= 0.6 is 0 Å². The Morgan fingerprint density at radius 3 is 2.03 bits per heavy atom. The molecule has 0 aliphatic heterocycles. The molecule has 4 aromatic rings. The highest BCUT2D eigenvalue weighted by atomic mass is 15.2. The maximum absolute atomic E-state index is 4.72. The van der Waals surface area contributed by atoms with Crippen molar-refractivity contribution >= 4 is 16.6 Å². The zero-order valence-electron chi connectivity index (χ0n) is 17.8. The van der Waals surface area contributed by atoms with Gasteiger partial charge >= 0.3 is 0 Å². The third-order valence-electron chi connectivity index (χ3n) is 5.61. The molecular formula is C26H27N3. The second kappa shape index (κ2) is 7.67. The molecule has 29 heavy (non-hydrogen) atoms. The second-order valence-electron chi connectivity index (χ2n) is 7.97. The van der Waals surface area contributed by atoms with Crippen LogP contribution in [0.5, 0.6) is 0 Å². The summed E-state index contributed by atoms with van der Waals surface area (Å²) < 4.78 is 0. The maximum atomic E-state index is 4.72. The zero-order valence-corrected chi connectivity index (χ0v) is 17.8. The number of hydrogen-bond acceptors (Lipinski definition) is 3. The van der Waals surface area contributed by atoms with Crippen molar-refractivity contribution in [1.29, 1.82) is 0 Å². The Morgan fingerprint density at radius 1 is 0.724 bits per heavy atom. The third kappa shape index (κ3) is 3.61. The number of hydrogen-bond donors (Lipinski definition) is 0. The summed E-state index contributed by atoms with van der Waals surface area (Å²) in [5.74, 6) is 0.912. The normalized spacial score (nSPS) is 11.1. The van der Waals surface area contributed by atoms with Crippen LogP contribution in [-0.2, 0) is 6.54 Å². The van der Waals surface area contributed by atoms with Gasteiger partial charge in [0.2, 0.25) is 0 Å². The molecule has 0 aliphatic rings. The summed E-state index contributed by atoms with van der Waals surface area (Å²) in [6, 6.07) is 21.4. The number of aryl methyl sites for hydroxylation is 4. The van der Waals surface area contributed by atoms with E-state index in [2.05, 4.69) is 105 Å². The molecule has 146 valence electrons. The van der Waals surface area contributed by atoms with Crippen LogP contribution in [0.1, 0.15) is 27.8 Å². The minimum atomic E-state index is 0.799. The molecule has 0 spiro atoms. The highest BCUT2D eigenvalue weighted by molar-refractivity contribution is 6.01. The number of benzene rings is 3. The molecule has 4 rings (SSSR count). The summed E-state index contributed by atoms with van der Waals surface area (Å²) in [7, 11) is 2.09. The summed E-state index contributed by atoms with van der Waals surface area (Å²) >= 11 is 0. The van der Waals surface area contributed by atoms with E-state index in [9.17, 15) is 0 Å². The lowest BCUT2D eigenvalue weighted by molar-refractivity contribution is 0.872. The van der Waals surface area contributed by atoms with Crippen molar-refractivity contribution in [3.8, 4) is 11.3 Å². The molecule has 0 aliphatic carbocycles. The molecule has 3 heteroatoms. The van der Waals surface area contributed by atoms with Gasteiger partial charge < -0.3 is 4.90 Å². The maximum Gasteiger partial charge on any atom is 0.159 e. The van der Waals surface area contributed by atoms with Gasteiger partial charge in [-0.15, -0.1) is 10.2 Å². The van der Waals surface area contributed by atoms with Crippen LogP contribution in [0.25, 0.3) is 22.0 Å². The van der Waals surface area contributed by atoms with Gasteiger partial charge in [0.25, 0.3) is 0 Å². The average molecular weight is 382 g/mol. The van der Waals surface area contributed by atoms with Crippen LogP contribution in [0.2, 0.25) is 0 Å². The fourth-order valence-electron chi connectivity index (χ4n) is 4.23. The van der Waals surface area contributed by atoms with E-state index in [1.165, 1.54) is 33.4 Å². The van der Waals surface area contributed by atoms with Gasteiger partial charge in [0, 0.05) is 29.9 Å². The van der Waals surface area contributed by atoms with Crippen LogP contribution in [0.15, 0.2) is 60.7 Å². The largest absolute Gasteiger partial charge is 0.353 e. The van der Waals surface area contributed by atoms with Gasteiger partial charge in [0.1, 0.15) is 5.69 Å². The monoisotopic (exact) mass is 381 g/mol. The van der Waals surface area contributed by atoms with Crippen molar-refractivity contribution in [2.75, 3.05) is 11.9 Å². The predicted molar refractivity (Wildman–Crippen MR) is 122 cm³/mol. The Bertz CT molecular complexity index is 1170. The van der Waals surface area contributed by atoms with Gasteiger partial charge in [0.15, 0.2) is 5.82 Å². The van der Waals surface area contributed by atoms with Crippen LogP contribution in [0.3, 0.4) is 0 Å². The fraction of sp³-hybridized carbons (Fsp3) is 0.231. The Labute approximate surface area is 173 Å². The number of fused-ring (bicyclic) bond motifs is 1. The molecular weight excluding hydrogens is 354 g/mol. The lowest BCUT2D eigenvalue weighted by atomic mass is 9.94. The molecule has 0 bridgehead atoms. The molecule has 0 N–H and O–H groups in total. The van der Waals surface area contributed by atoms with Crippen LogP contribution in [-0.4, -0.2) is 17.2 Å². The molecule has 1 aromatic heterocycles. The van der Waals surface area contributed by atoms with E-state index in [0.717, 1.165) is 28.8 Å². The van der Waals surface area contributed by atoms with Gasteiger partial charge in [0.05, 0.1) is 0 Å². The molecule has 0 atom stereocenters. The number of aromatic nitrogens is 2. The number of rotatable bonds is 4. The first kappa shape index (κ1) is 19.1. The zero-order chi connectivity index (χ0) is 20.5. The Kier molecular flexibility index (Phi) is 5.06. The summed E-state index contributed by atoms with van der Waals surface area (Å²) in [5.41, 5.74) is 8.49. The molecule has 0 fully saturated rings. The Balaban J connectivity index is 1.84. The lowest BCUT2D eigenvalue weighted by Crippen LogP contribution is -2.19. The predicted octanol–water partition coefficient (Wildman–Crippen LogP) is 6.17. The van der Waals surface area contributed by atoms with Gasteiger partial charge in [-0.1, -0.05) is 66.2 Å². The van der Waals surface area contributed by atoms with E-state index in [0.29, 0.717) is 0 Å². The van der Waals surface area contributed by atoms with Crippen molar-refractivity contribution in [2.24, 2.45) is 0 Å². The molecule has 0 saturated heterocycles. The third-order valence-corrected chi connectivity index (χ3v) is 5.61. The topological polar surface area (TPSA) is 29.0 Å². The molecule has 0 amide bonds. The van der Waals surface area contributed by atoms with E-state index in [1.54, 1.807) is 0 Å². The minimum absolute atomic E-state index is 0.799. The molecule has 0 unspecified atom stereocenters. The number of anilines is 1. The lowest BCUT2D eigenvalue weighted by Gasteiger charge is -2.22. The van der Waals surface area contributed by atoms with E-state index < -0.39 is 0 Å². The highest BCUT2D eigenvalue weighted by Gasteiger charge is 2.17. The van der Waals surface area contributed by atoms with E-state index >= 15 is 0 Å². The van der Waals surface area contributed by atoms with E-state index in [-0.39, 0.29) is 0 Å². The van der Waals surface area contributed by atoms with Gasteiger partial charge in [-0.05, 0) is 49.9 Å². The Hall–Kier alpha value is -3.20. The van der Waals surface area contributed by atoms with Crippen LogP contribution in [0.4, 0.5) is 5.82 Å². The number of nitrogens with zero attached hydrogens (tertiary/aromatic N) is 3. The first-order valence-corrected chi connectivity index (χ1v) is 10.0. The van der Waals surface area contributed by atoms with Crippen molar-refractivity contribution < 1.29 is 0 Å². The van der Waals surface area contributed by atoms with E-state index in [4.69, 9.17) is 5.10 Å². The first-order valence-electron chi connectivity index (χ1n) is 10.0. The summed E-state index contributed by atoms with van der Waals surface area (Å²) in [6.45, 7) is 9.40. The molecule has 0 radical (unpaired) electrons. The van der Waals surface area contributed by atoms with Gasteiger partial charge in [-0.25, -0.2) is 0 Å². The smallest absolute Gasteiger partial charge is 0.159 e. The Morgan fingerprint density at radius 2 is 1.34 bits per heavy atom. The highest BCUT2D eigenvalue weighted by Crippen LogP contribution is 2.35. The first-order chi connectivity index (χ1) is 14.0. The van der Waals surface area contributed by atoms with Crippen molar-refractivity contribution in [2.45, 2.75) is 34.2 Å². The molecule has 0 saturated carbocycles. The average Bonchev–Trinajstić information content (AvgIpc) is 2.69. The molecule has 3 nitrogen and oxygen atoms in total. The van der Waals surface area contributed by atoms with Crippen molar-refractivity contribution in [1.82, 2.24) is 10.2 Å². The minimum Gasteiger partial charge on any atom is -0.353 e. The van der Waals surface area contributed by atoms with Gasteiger partial charge in [-0.2, -0.15) is 0 Å². The van der Waals surface area contributed by atoms with Crippen molar-refractivity contribution in [3.05, 3.63) is 88.5 Å². The summed E-state index contributed by atoms with van der Waals surface area (Å²) in [5, 5.41) is 11.7. The SMILES string of the molecule is Cc1cc(C)c(-c2nnc(N(C)Cc3ccccc3C)c3ccccc23)c(C)c1. The van der Waals surface area contributed by atoms with Crippen LogP contribution < -0.4 is 4.90 Å². The van der Waals surface area contributed by atoms with Crippen LogP contribution in [0, 0.1) is 27.7 Å². The molecule has 3 aromatic carbocycles. The summed E-state index contributed by atoms with van der Waals surface area (Å²) in [6.07, 6.45) is 0. The van der Waals surface area contributed by atoms with Crippen molar-refractivity contribution in [3.63, 3.8) is 0 Å². The quantitative estimate of drug-likeness (QED) is 0.423. The standard InChI is InChI=1S/C26H27N3/c1-17-14-19(3)24(20(4)15-17)25-22-12-8-9-13-23(22)26(28-27-25)29(5)16-21-11-7-6-10-18(21)2/h6-15H,16H2,1-5H3. The fourth-order valence-corrected chi connectivity index (χ4v) is 4.23.